The van der Waals surface area contributed by atoms with Crippen molar-refractivity contribution in [1.82, 2.24) is 13.1 Å². The SMILES string of the molecule is CCCCN1[SiH2]N[Si](CCCC)(CCCC)N(CCCC)[Si]1(CCCC)CCCC. The lowest BCUT2D eigenvalue weighted by Crippen LogP contribution is -2.85. The molecule has 1 heterocycles. The maximum absolute atomic E-state index is 4.49. The van der Waals surface area contributed by atoms with Crippen LogP contribution >= 0.6 is 0 Å². The van der Waals surface area contributed by atoms with E-state index in [9.17, 15) is 0 Å². The van der Waals surface area contributed by atoms with E-state index in [0.717, 1.165) is 0 Å². The minimum absolute atomic E-state index is 0.308. The zero-order chi connectivity index (χ0) is 22.3. The van der Waals surface area contributed by atoms with Crippen LogP contribution in [0.15, 0.2) is 0 Å². The van der Waals surface area contributed by atoms with Gasteiger partial charge in [-0.3, -0.25) is 0 Å². The van der Waals surface area contributed by atoms with Gasteiger partial charge in [0.25, 0.3) is 0 Å². The van der Waals surface area contributed by atoms with Crippen LogP contribution in [0, 0.1) is 0 Å². The Bertz CT molecular complexity index is 407. The van der Waals surface area contributed by atoms with Crippen LogP contribution < -0.4 is 4.65 Å². The van der Waals surface area contributed by atoms with Gasteiger partial charge in [0.05, 0.1) is 0 Å². The lowest BCUT2D eigenvalue weighted by molar-refractivity contribution is 0.436. The Kier molecular flexibility index (Phi) is 15.4. The zero-order valence-electron chi connectivity index (χ0n) is 21.8. The molecule has 0 unspecified atom stereocenters. The molecule has 0 spiro atoms. The molecule has 1 N–H and O–H groups in total. The van der Waals surface area contributed by atoms with Crippen molar-refractivity contribution in [2.45, 2.75) is 143 Å². The molecule has 1 saturated heterocycles. The Balaban J connectivity index is 3.44. The average Bonchev–Trinajstić information content (AvgIpc) is 2.77. The zero-order valence-corrected chi connectivity index (χ0v) is 25.2. The third kappa shape index (κ3) is 7.84. The number of nitrogens with one attached hydrogen (secondary N) is 1. The Morgan fingerprint density at radius 3 is 1.47 bits per heavy atom. The summed E-state index contributed by atoms with van der Waals surface area (Å²) in [4.78, 5) is 0. The second-order valence-corrected chi connectivity index (χ2v) is 21.2. The first-order chi connectivity index (χ1) is 14.6. The van der Waals surface area contributed by atoms with Gasteiger partial charge >= 0.3 is 0 Å². The van der Waals surface area contributed by atoms with Crippen molar-refractivity contribution in [3.8, 4) is 0 Å². The van der Waals surface area contributed by atoms with Gasteiger partial charge in [-0.05, 0) is 50.1 Å². The summed E-state index contributed by atoms with van der Waals surface area (Å²) in [6.45, 7) is 17.2. The molecule has 0 aromatic rings. The highest BCUT2D eigenvalue weighted by Gasteiger charge is 2.56. The van der Waals surface area contributed by atoms with Gasteiger partial charge in [-0.2, -0.15) is 0 Å². The van der Waals surface area contributed by atoms with E-state index in [2.05, 4.69) is 54.7 Å². The fraction of sp³-hybridized carbons (Fsp3) is 1.00. The van der Waals surface area contributed by atoms with Gasteiger partial charge in [-0.1, -0.05) is 106 Å². The van der Waals surface area contributed by atoms with E-state index >= 15 is 0 Å². The van der Waals surface area contributed by atoms with E-state index in [1.807, 2.05) is 0 Å². The van der Waals surface area contributed by atoms with Gasteiger partial charge in [0.15, 0.2) is 26.6 Å². The summed E-state index contributed by atoms with van der Waals surface area (Å²) >= 11 is 0. The van der Waals surface area contributed by atoms with E-state index < -0.39 is 16.8 Å². The number of unbranched alkanes of at least 4 members (excludes halogenated alkanes) is 6. The second-order valence-electron chi connectivity index (χ2n) is 9.89. The van der Waals surface area contributed by atoms with Crippen molar-refractivity contribution in [2.24, 2.45) is 0 Å². The predicted molar refractivity (Wildman–Crippen MR) is 145 cm³/mol. The summed E-state index contributed by atoms with van der Waals surface area (Å²) in [6.07, 6.45) is 16.8. The highest BCUT2D eigenvalue weighted by atomic mass is 28.5. The molecule has 0 atom stereocenters. The molecule has 0 saturated carbocycles. The molecular weight excluding hydrogens is 415 g/mol. The highest BCUT2D eigenvalue weighted by Crippen LogP contribution is 2.39. The van der Waals surface area contributed by atoms with Crippen LogP contribution in [0.1, 0.15) is 119 Å². The van der Waals surface area contributed by atoms with E-state index in [1.165, 1.54) is 102 Å². The summed E-state index contributed by atoms with van der Waals surface area (Å²) < 4.78 is 11.1. The topological polar surface area (TPSA) is 18.5 Å². The quantitative estimate of drug-likeness (QED) is 0.220. The van der Waals surface area contributed by atoms with Crippen molar-refractivity contribution in [1.29, 1.82) is 0 Å². The minimum atomic E-state index is -1.57. The van der Waals surface area contributed by atoms with Crippen LogP contribution in [0.25, 0.3) is 0 Å². The molecule has 1 rings (SSSR count). The lowest BCUT2D eigenvalue weighted by atomic mass is 10.3. The first-order valence-corrected chi connectivity index (χ1v) is 19.9. The van der Waals surface area contributed by atoms with Crippen LogP contribution in [-0.2, 0) is 0 Å². The molecule has 0 aliphatic carbocycles. The number of rotatable bonds is 18. The second kappa shape index (κ2) is 16.2. The molecule has 3 nitrogen and oxygen atoms in total. The summed E-state index contributed by atoms with van der Waals surface area (Å²) in [5.41, 5.74) is 0. The summed E-state index contributed by atoms with van der Waals surface area (Å²) in [5, 5.41) is 0. The smallest absolute Gasteiger partial charge is 0.195 e. The van der Waals surface area contributed by atoms with Gasteiger partial charge < -0.3 is 13.1 Å². The molecule has 1 aliphatic rings. The standard InChI is InChI=1S/C24H57N3Si3/c1-7-13-19-26-28-25-29(21-15-9-3,22-16-10-4)27(20-14-8-2)30(26,23-17-11-5)24-18-12-6/h25H,7-24,28H2,1-6H3. The number of hydrogen-bond donors (Lipinski definition) is 1. The van der Waals surface area contributed by atoms with Crippen LogP contribution in [-0.4, -0.2) is 48.2 Å². The van der Waals surface area contributed by atoms with Crippen molar-refractivity contribution in [3.05, 3.63) is 0 Å². The molecule has 0 aromatic carbocycles. The van der Waals surface area contributed by atoms with Gasteiger partial charge in [0.2, 0.25) is 0 Å². The molecule has 0 aromatic heterocycles. The third-order valence-corrected chi connectivity index (χ3v) is 24.8. The maximum Gasteiger partial charge on any atom is 0.195 e. The summed E-state index contributed by atoms with van der Waals surface area (Å²) in [5.74, 6) is 0. The highest BCUT2D eigenvalue weighted by molar-refractivity contribution is 6.98. The Hall–Kier alpha value is 0.531. The maximum atomic E-state index is 4.49. The molecule has 1 aliphatic heterocycles. The minimum Gasteiger partial charge on any atom is -0.341 e. The van der Waals surface area contributed by atoms with Crippen LogP contribution in [0.2, 0.25) is 24.2 Å². The molecule has 1 fully saturated rings. The van der Waals surface area contributed by atoms with Gasteiger partial charge in [-0.15, -0.1) is 0 Å². The van der Waals surface area contributed by atoms with Crippen molar-refractivity contribution in [2.75, 3.05) is 13.1 Å². The van der Waals surface area contributed by atoms with Crippen LogP contribution in [0.3, 0.4) is 0 Å². The number of hydrogen-bond acceptors (Lipinski definition) is 3. The Labute approximate surface area is 195 Å². The molecular formula is C24H57N3Si3. The molecule has 30 heavy (non-hydrogen) atoms. The van der Waals surface area contributed by atoms with E-state index in [-0.39, 0.29) is 9.84 Å². The van der Waals surface area contributed by atoms with Crippen molar-refractivity contribution >= 4 is 26.6 Å². The Morgan fingerprint density at radius 1 is 0.567 bits per heavy atom. The largest absolute Gasteiger partial charge is 0.341 e. The van der Waals surface area contributed by atoms with E-state index in [1.54, 1.807) is 12.1 Å². The summed E-state index contributed by atoms with van der Waals surface area (Å²) in [7, 11) is -3.42. The fourth-order valence-electron chi connectivity index (χ4n) is 5.57. The molecule has 0 bridgehead atoms. The average molecular weight is 472 g/mol. The van der Waals surface area contributed by atoms with E-state index in [4.69, 9.17) is 0 Å². The van der Waals surface area contributed by atoms with Crippen molar-refractivity contribution < 1.29 is 0 Å². The molecule has 180 valence electrons. The normalized spacial score (nSPS) is 20.2. The van der Waals surface area contributed by atoms with Gasteiger partial charge in [-0.25, -0.2) is 0 Å². The number of nitrogens with zero attached hydrogens (tertiary/aromatic N) is 2. The van der Waals surface area contributed by atoms with Crippen molar-refractivity contribution in [3.63, 3.8) is 0 Å². The fourth-order valence-corrected chi connectivity index (χ4v) is 27.5. The third-order valence-electron chi connectivity index (χ3n) is 7.47. The predicted octanol–water partition coefficient (Wildman–Crippen LogP) is 6.88. The van der Waals surface area contributed by atoms with Gasteiger partial charge in [0, 0.05) is 0 Å². The van der Waals surface area contributed by atoms with Gasteiger partial charge in [0.1, 0.15) is 0 Å². The molecule has 6 heteroatoms. The summed E-state index contributed by atoms with van der Waals surface area (Å²) in [6, 6.07) is 6.15. The first kappa shape index (κ1) is 28.6. The van der Waals surface area contributed by atoms with Crippen LogP contribution in [0.4, 0.5) is 0 Å². The monoisotopic (exact) mass is 471 g/mol. The lowest BCUT2D eigenvalue weighted by Gasteiger charge is -2.62. The van der Waals surface area contributed by atoms with Crippen LogP contribution in [0.5, 0.6) is 0 Å². The van der Waals surface area contributed by atoms with E-state index in [0.29, 0.717) is 0 Å². The molecule has 0 radical (unpaired) electrons. The molecule has 0 amide bonds. The first-order valence-electron chi connectivity index (χ1n) is 13.9. The Morgan fingerprint density at radius 2 is 1.00 bits per heavy atom.